The van der Waals surface area contributed by atoms with Crippen LogP contribution >= 0.6 is 0 Å². The normalized spacial score (nSPS) is 18.5. The average molecular weight is 577 g/mol. The van der Waals surface area contributed by atoms with Gasteiger partial charge in [-0.3, -0.25) is 19.3 Å². The van der Waals surface area contributed by atoms with Gasteiger partial charge in [-0.05, 0) is 68.7 Å². The van der Waals surface area contributed by atoms with Crippen LogP contribution in [0.2, 0.25) is 0 Å². The van der Waals surface area contributed by atoms with Crippen molar-refractivity contribution in [1.29, 1.82) is 0 Å². The van der Waals surface area contributed by atoms with E-state index in [1.807, 2.05) is 19.1 Å². The molecule has 0 saturated carbocycles. The van der Waals surface area contributed by atoms with Crippen LogP contribution in [-0.2, 0) is 30.4 Å². The molecule has 0 bridgehead atoms. The first-order chi connectivity index (χ1) is 20.2. The number of likely N-dealkylation sites (N-methyl/N-ethyl adjacent to an activating group) is 2. The van der Waals surface area contributed by atoms with Crippen LogP contribution in [0.25, 0.3) is 0 Å². The lowest BCUT2D eigenvalue weighted by molar-refractivity contribution is -0.204. The lowest BCUT2D eigenvalue weighted by atomic mass is 9.96. The van der Waals surface area contributed by atoms with E-state index in [9.17, 15) is 14.4 Å². The van der Waals surface area contributed by atoms with Crippen LogP contribution in [-0.4, -0.2) is 85.9 Å². The van der Waals surface area contributed by atoms with Crippen LogP contribution in [0.5, 0.6) is 0 Å². The van der Waals surface area contributed by atoms with Crippen molar-refractivity contribution in [3.05, 3.63) is 70.8 Å². The minimum atomic E-state index is -1.87. The van der Waals surface area contributed by atoms with Crippen molar-refractivity contribution in [2.75, 3.05) is 40.4 Å². The molecule has 2 atom stereocenters. The molecule has 10 nitrogen and oxygen atoms in total. The van der Waals surface area contributed by atoms with E-state index in [2.05, 4.69) is 39.7 Å². The molecule has 2 heterocycles. The Morgan fingerprint density at radius 2 is 1.67 bits per heavy atom. The number of carbonyl (C=O) groups excluding carboxylic acids is 3. The molecule has 10 heteroatoms. The van der Waals surface area contributed by atoms with Crippen molar-refractivity contribution in [2.24, 2.45) is 0 Å². The van der Waals surface area contributed by atoms with Crippen LogP contribution in [0.15, 0.2) is 48.5 Å². The summed E-state index contributed by atoms with van der Waals surface area (Å²) in [7, 11) is 2.81. The van der Waals surface area contributed by atoms with Gasteiger partial charge in [0.1, 0.15) is 0 Å². The molecule has 0 aromatic heterocycles. The first-order valence-corrected chi connectivity index (χ1v) is 14.4. The first-order valence-electron chi connectivity index (χ1n) is 14.4. The summed E-state index contributed by atoms with van der Waals surface area (Å²) >= 11 is 0. The first kappa shape index (κ1) is 31.2. The molecule has 0 spiro atoms. The van der Waals surface area contributed by atoms with E-state index in [-0.39, 0.29) is 0 Å². The number of amides is 3. The van der Waals surface area contributed by atoms with Gasteiger partial charge in [-0.1, -0.05) is 24.0 Å². The second-order valence-corrected chi connectivity index (χ2v) is 10.7. The predicted octanol–water partition coefficient (Wildman–Crippen LogP) is 2.46. The van der Waals surface area contributed by atoms with Crippen molar-refractivity contribution in [3.8, 4) is 11.8 Å². The largest absolute Gasteiger partial charge is 0.376 e. The van der Waals surface area contributed by atoms with E-state index in [0.29, 0.717) is 24.7 Å². The second-order valence-electron chi connectivity index (χ2n) is 10.7. The molecule has 2 aliphatic rings. The molecule has 224 valence electrons. The Morgan fingerprint density at radius 3 is 2.24 bits per heavy atom. The van der Waals surface area contributed by atoms with Gasteiger partial charge in [0.05, 0.1) is 6.10 Å². The van der Waals surface area contributed by atoms with Gasteiger partial charge in [-0.25, -0.2) is 10.3 Å². The van der Waals surface area contributed by atoms with Crippen LogP contribution in [0.1, 0.15) is 60.2 Å². The quantitative estimate of drug-likeness (QED) is 0.254. The van der Waals surface area contributed by atoms with Crippen molar-refractivity contribution in [2.45, 2.75) is 57.6 Å². The van der Waals surface area contributed by atoms with Gasteiger partial charge in [0.25, 0.3) is 17.7 Å². The van der Waals surface area contributed by atoms with E-state index < -0.39 is 29.6 Å². The zero-order valence-corrected chi connectivity index (χ0v) is 24.8. The summed E-state index contributed by atoms with van der Waals surface area (Å²) in [5.41, 5.74) is 3.61. The predicted molar refractivity (Wildman–Crippen MR) is 157 cm³/mol. The molecular formula is C32H40N4O6. The number of benzene rings is 2. The summed E-state index contributed by atoms with van der Waals surface area (Å²) in [4.78, 5) is 48.1. The summed E-state index contributed by atoms with van der Waals surface area (Å²) < 4.78 is 11.1. The Labute approximate surface area is 247 Å². The Bertz CT molecular complexity index is 1290. The van der Waals surface area contributed by atoms with Crippen molar-refractivity contribution < 1.29 is 28.7 Å². The Morgan fingerprint density at radius 1 is 1.02 bits per heavy atom. The van der Waals surface area contributed by atoms with Crippen LogP contribution < -0.4 is 10.8 Å². The summed E-state index contributed by atoms with van der Waals surface area (Å²) in [5.74, 6) is 4.34. The van der Waals surface area contributed by atoms with E-state index >= 15 is 0 Å². The molecule has 0 aliphatic carbocycles. The number of hydroxylamine groups is 1. The molecule has 2 aliphatic heterocycles. The fourth-order valence-electron chi connectivity index (χ4n) is 4.86. The van der Waals surface area contributed by atoms with Crippen molar-refractivity contribution in [1.82, 2.24) is 20.6 Å². The molecule has 2 aromatic rings. The molecule has 0 radical (unpaired) electrons. The zero-order valence-electron chi connectivity index (χ0n) is 24.8. The third-order valence-corrected chi connectivity index (χ3v) is 7.68. The zero-order chi connectivity index (χ0) is 30.1. The third-order valence-electron chi connectivity index (χ3n) is 7.68. The van der Waals surface area contributed by atoms with Crippen LogP contribution in [0, 0.1) is 11.8 Å². The number of hydrogen-bond donors (Lipinski definition) is 2. The fraction of sp³-hybridized carbons (Fsp3) is 0.469. The van der Waals surface area contributed by atoms with Gasteiger partial charge in [0.2, 0.25) is 0 Å². The van der Waals surface area contributed by atoms with Gasteiger partial charge in [0.15, 0.2) is 11.8 Å². The SMILES string of the molecule is CCOC1CN(Cc2ccc(C#Cc3ccc(C(=O)N(C)[C@@](C)(C(=O)NC)C(=O)NOC4CCCCO4)cc3)cc2)C1. The fourth-order valence-corrected chi connectivity index (χ4v) is 4.86. The minimum Gasteiger partial charge on any atom is -0.376 e. The van der Waals surface area contributed by atoms with Crippen molar-refractivity contribution >= 4 is 17.7 Å². The maximum Gasteiger partial charge on any atom is 0.279 e. The van der Waals surface area contributed by atoms with Crippen molar-refractivity contribution in [3.63, 3.8) is 0 Å². The van der Waals surface area contributed by atoms with E-state index in [1.54, 1.807) is 24.3 Å². The number of rotatable bonds is 10. The number of ether oxygens (including phenoxy) is 2. The number of nitrogens with one attached hydrogen (secondary N) is 2. The molecule has 42 heavy (non-hydrogen) atoms. The monoisotopic (exact) mass is 576 g/mol. The van der Waals surface area contributed by atoms with E-state index in [4.69, 9.17) is 14.3 Å². The average Bonchev–Trinajstić information content (AvgIpc) is 3.01. The summed E-state index contributed by atoms with van der Waals surface area (Å²) in [6.07, 6.45) is 2.22. The standard InChI is InChI=1S/C32H40N4O6/c1-5-40-27-21-36(22-27)20-25-13-11-23(12-14-25)9-10-24-15-17-26(18-16-24)29(37)35(4)32(2,30(38)33-3)31(39)34-42-28-8-6-7-19-41-28/h11-18,27-28H,5-8,19-22H2,1-4H3,(H,33,38)(H,34,39)/t28?,32-/m0/s1. The lowest BCUT2D eigenvalue weighted by Gasteiger charge is -2.38. The lowest BCUT2D eigenvalue weighted by Crippen LogP contribution is -2.65. The summed E-state index contributed by atoms with van der Waals surface area (Å²) in [5, 5.41) is 2.47. The van der Waals surface area contributed by atoms with Crippen LogP contribution in [0.3, 0.4) is 0 Å². The molecule has 1 unspecified atom stereocenters. The molecule has 2 saturated heterocycles. The Hall–Kier alpha value is -3.75. The topological polar surface area (TPSA) is 109 Å². The molecule has 4 rings (SSSR count). The molecule has 2 N–H and O–H groups in total. The number of nitrogens with zero attached hydrogens (tertiary/aromatic N) is 2. The highest BCUT2D eigenvalue weighted by Crippen LogP contribution is 2.20. The summed E-state index contributed by atoms with van der Waals surface area (Å²) in [6, 6.07) is 14.9. The number of hydrogen-bond acceptors (Lipinski definition) is 7. The Kier molecular flexibility index (Phi) is 10.7. The third kappa shape index (κ3) is 7.55. The maximum absolute atomic E-state index is 13.4. The second kappa shape index (κ2) is 14.4. The minimum absolute atomic E-state index is 0.310. The highest BCUT2D eigenvalue weighted by molar-refractivity contribution is 6.12. The highest BCUT2D eigenvalue weighted by atomic mass is 16.8. The van der Waals surface area contributed by atoms with E-state index in [1.165, 1.54) is 26.6 Å². The Balaban J connectivity index is 1.36. The van der Waals surface area contributed by atoms with Gasteiger partial charge in [-0.2, -0.15) is 0 Å². The summed E-state index contributed by atoms with van der Waals surface area (Å²) in [6.45, 7) is 7.50. The molecular weight excluding hydrogens is 536 g/mol. The van der Waals surface area contributed by atoms with Crippen LogP contribution in [0.4, 0.5) is 0 Å². The maximum atomic E-state index is 13.4. The smallest absolute Gasteiger partial charge is 0.279 e. The molecule has 2 aromatic carbocycles. The van der Waals surface area contributed by atoms with Gasteiger partial charge < -0.3 is 19.7 Å². The number of carbonyl (C=O) groups is 3. The van der Waals surface area contributed by atoms with Gasteiger partial charge in [0, 0.05) is 70.1 Å². The highest BCUT2D eigenvalue weighted by Gasteiger charge is 2.47. The molecule has 3 amide bonds. The van der Waals surface area contributed by atoms with Gasteiger partial charge in [-0.15, -0.1) is 0 Å². The van der Waals surface area contributed by atoms with E-state index in [0.717, 1.165) is 55.1 Å². The number of likely N-dealkylation sites (tertiary alicyclic amines) is 1. The van der Waals surface area contributed by atoms with Gasteiger partial charge >= 0.3 is 0 Å². The molecule has 2 fully saturated rings.